The van der Waals surface area contributed by atoms with E-state index in [-0.39, 0.29) is 5.91 Å². The molecular formula is C24H20ClN3O2. The van der Waals surface area contributed by atoms with Gasteiger partial charge in [-0.2, -0.15) is 5.10 Å². The van der Waals surface area contributed by atoms with Gasteiger partial charge in [0.1, 0.15) is 5.75 Å². The lowest BCUT2D eigenvalue weighted by atomic mass is 10.1. The van der Waals surface area contributed by atoms with Crippen LogP contribution >= 0.6 is 11.6 Å². The van der Waals surface area contributed by atoms with Gasteiger partial charge in [0.15, 0.2) is 0 Å². The molecule has 0 aliphatic heterocycles. The number of nitrogens with zero attached hydrogens (tertiary/aromatic N) is 2. The van der Waals surface area contributed by atoms with E-state index in [9.17, 15) is 4.79 Å². The van der Waals surface area contributed by atoms with Crippen LogP contribution in [0.4, 0.5) is 0 Å². The molecule has 5 nitrogen and oxygen atoms in total. The quantitative estimate of drug-likeness (QED) is 0.473. The van der Waals surface area contributed by atoms with Crippen LogP contribution in [0.1, 0.15) is 15.9 Å². The summed E-state index contributed by atoms with van der Waals surface area (Å²) in [6, 6.07) is 24.4. The van der Waals surface area contributed by atoms with Gasteiger partial charge in [0.05, 0.1) is 18.5 Å². The van der Waals surface area contributed by atoms with Gasteiger partial charge in [-0.05, 0) is 48.5 Å². The summed E-state index contributed by atoms with van der Waals surface area (Å²) >= 11 is 6.01. The highest BCUT2D eigenvalue weighted by atomic mass is 35.5. The molecule has 150 valence electrons. The molecule has 1 amide bonds. The predicted molar refractivity (Wildman–Crippen MR) is 118 cm³/mol. The fourth-order valence-electron chi connectivity index (χ4n) is 3.12. The number of methoxy groups -OCH3 is 1. The molecule has 0 fully saturated rings. The van der Waals surface area contributed by atoms with Gasteiger partial charge in [-0.15, -0.1) is 0 Å². The van der Waals surface area contributed by atoms with E-state index in [0.29, 0.717) is 22.9 Å². The summed E-state index contributed by atoms with van der Waals surface area (Å²) in [6.45, 7) is 0.350. The molecule has 0 saturated carbocycles. The van der Waals surface area contributed by atoms with Crippen molar-refractivity contribution in [2.45, 2.75) is 6.54 Å². The average molecular weight is 418 g/mol. The van der Waals surface area contributed by atoms with E-state index >= 15 is 0 Å². The zero-order valence-corrected chi connectivity index (χ0v) is 17.1. The Balaban J connectivity index is 1.60. The Morgan fingerprint density at radius 3 is 2.37 bits per heavy atom. The summed E-state index contributed by atoms with van der Waals surface area (Å²) in [6.07, 6.45) is 1.93. The first-order valence-corrected chi connectivity index (χ1v) is 9.84. The van der Waals surface area contributed by atoms with Crippen LogP contribution in [-0.2, 0) is 6.54 Å². The van der Waals surface area contributed by atoms with Crippen LogP contribution in [0, 0.1) is 0 Å². The number of halogens is 1. The Kier molecular flexibility index (Phi) is 5.82. The molecule has 3 aromatic carbocycles. The number of benzene rings is 3. The zero-order valence-electron chi connectivity index (χ0n) is 16.4. The largest absolute Gasteiger partial charge is 0.497 e. The van der Waals surface area contributed by atoms with Crippen LogP contribution < -0.4 is 10.1 Å². The smallest absolute Gasteiger partial charge is 0.251 e. The molecule has 4 rings (SSSR count). The second-order valence-electron chi connectivity index (χ2n) is 6.70. The van der Waals surface area contributed by atoms with E-state index in [2.05, 4.69) is 5.32 Å². The van der Waals surface area contributed by atoms with Crippen LogP contribution in [0.5, 0.6) is 5.75 Å². The summed E-state index contributed by atoms with van der Waals surface area (Å²) in [5.74, 6) is 0.554. The van der Waals surface area contributed by atoms with Crippen molar-refractivity contribution in [1.29, 1.82) is 0 Å². The van der Waals surface area contributed by atoms with Crippen molar-refractivity contribution in [3.05, 3.63) is 101 Å². The maximum Gasteiger partial charge on any atom is 0.251 e. The first kappa shape index (κ1) is 19.7. The summed E-state index contributed by atoms with van der Waals surface area (Å²) in [4.78, 5) is 12.6. The van der Waals surface area contributed by atoms with E-state index < -0.39 is 0 Å². The van der Waals surface area contributed by atoms with Gasteiger partial charge < -0.3 is 10.1 Å². The first-order valence-electron chi connectivity index (χ1n) is 9.46. The third-order valence-electron chi connectivity index (χ3n) is 4.72. The van der Waals surface area contributed by atoms with Crippen molar-refractivity contribution in [3.8, 4) is 22.7 Å². The summed E-state index contributed by atoms with van der Waals surface area (Å²) in [5, 5.41) is 8.41. The lowest BCUT2D eigenvalue weighted by Gasteiger charge is -2.06. The van der Waals surface area contributed by atoms with Crippen molar-refractivity contribution in [2.75, 3.05) is 7.11 Å². The minimum atomic E-state index is -0.157. The molecular weight excluding hydrogens is 398 g/mol. The van der Waals surface area contributed by atoms with Crippen molar-refractivity contribution >= 4 is 17.5 Å². The van der Waals surface area contributed by atoms with Gasteiger partial charge >= 0.3 is 0 Å². The molecule has 0 bridgehead atoms. The lowest BCUT2D eigenvalue weighted by molar-refractivity contribution is 0.0951. The molecule has 1 heterocycles. The molecule has 0 spiro atoms. The number of aromatic nitrogens is 2. The van der Waals surface area contributed by atoms with Crippen molar-refractivity contribution in [2.24, 2.45) is 0 Å². The van der Waals surface area contributed by atoms with Gasteiger partial charge in [0.2, 0.25) is 0 Å². The fourth-order valence-corrected chi connectivity index (χ4v) is 3.25. The number of nitrogens with one attached hydrogen (secondary N) is 1. The standard InChI is InChI=1S/C24H20ClN3O2/c1-30-22-13-7-18(8-14-22)24(29)26-15-19-16-28(21-11-9-20(25)10-12-21)27-23(19)17-5-3-2-4-6-17/h2-14,16H,15H2,1H3,(H,26,29). The van der Waals surface area contributed by atoms with Crippen molar-refractivity contribution in [1.82, 2.24) is 15.1 Å². The molecule has 0 atom stereocenters. The van der Waals surface area contributed by atoms with Crippen LogP contribution in [0.3, 0.4) is 0 Å². The van der Waals surface area contributed by atoms with Crippen LogP contribution in [-0.4, -0.2) is 22.8 Å². The zero-order chi connectivity index (χ0) is 20.9. The van der Waals surface area contributed by atoms with Gasteiger partial charge in [-0.3, -0.25) is 4.79 Å². The summed E-state index contributed by atoms with van der Waals surface area (Å²) in [7, 11) is 1.60. The number of carbonyl (C=O) groups excluding carboxylic acids is 1. The van der Waals surface area contributed by atoms with E-state index in [1.165, 1.54) is 0 Å². The minimum Gasteiger partial charge on any atom is -0.497 e. The average Bonchev–Trinajstić information content (AvgIpc) is 3.23. The maximum absolute atomic E-state index is 12.6. The van der Waals surface area contributed by atoms with Gasteiger partial charge in [-0.1, -0.05) is 41.9 Å². The molecule has 4 aromatic rings. The first-order chi connectivity index (χ1) is 14.6. The van der Waals surface area contributed by atoms with Crippen LogP contribution in [0.15, 0.2) is 85.1 Å². The van der Waals surface area contributed by atoms with E-state index in [1.54, 1.807) is 36.1 Å². The van der Waals surface area contributed by atoms with Crippen LogP contribution in [0.25, 0.3) is 16.9 Å². The molecule has 6 heteroatoms. The van der Waals surface area contributed by atoms with Crippen molar-refractivity contribution < 1.29 is 9.53 Å². The number of carbonyl (C=O) groups is 1. The lowest BCUT2D eigenvalue weighted by Crippen LogP contribution is -2.22. The Labute approximate surface area is 179 Å². The Morgan fingerprint density at radius 1 is 1.00 bits per heavy atom. The number of hydrogen-bond donors (Lipinski definition) is 1. The molecule has 1 aromatic heterocycles. The van der Waals surface area contributed by atoms with Gasteiger partial charge in [0, 0.05) is 34.5 Å². The Bertz CT molecular complexity index is 1140. The third-order valence-corrected chi connectivity index (χ3v) is 4.97. The van der Waals surface area contributed by atoms with Crippen molar-refractivity contribution in [3.63, 3.8) is 0 Å². The van der Waals surface area contributed by atoms with E-state index in [4.69, 9.17) is 21.4 Å². The number of amides is 1. The van der Waals surface area contributed by atoms with Gasteiger partial charge in [0.25, 0.3) is 5.91 Å². The number of ether oxygens (including phenoxy) is 1. The molecule has 0 unspecified atom stereocenters. The monoisotopic (exact) mass is 417 g/mol. The second-order valence-corrected chi connectivity index (χ2v) is 7.14. The highest BCUT2D eigenvalue weighted by Crippen LogP contribution is 2.24. The van der Waals surface area contributed by atoms with Crippen LogP contribution in [0.2, 0.25) is 5.02 Å². The Hall–Kier alpha value is -3.57. The number of hydrogen-bond acceptors (Lipinski definition) is 3. The molecule has 0 radical (unpaired) electrons. The summed E-state index contributed by atoms with van der Waals surface area (Å²) < 4.78 is 6.94. The number of rotatable bonds is 6. The molecule has 1 N–H and O–H groups in total. The van der Waals surface area contributed by atoms with E-state index in [0.717, 1.165) is 22.5 Å². The minimum absolute atomic E-state index is 0.157. The predicted octanol–water partition coefficient (Wildman–Crippen LogP) is 5.13. The van der Waals surface area contributed by atoms with Gasteiger partial charge in [-0.25, -0.2) is 4.68 Å². The fraction of sp³-hybridized carbons (Fsp3) is 0.0833. The van der Waals surface area contributed by atoms with E-state index in [1.807, 2.05) is 60.8 Å². The maximum atomic E-state index is 12.6. The molecule has 0 aliphatic carbocycles. The third kappa shape index (κ3) is 4.36. The normalized spacial score (nSPS) is 10.6. The second kappa shape index (κ2) is 8.84. The highest BCUT2D eigenvalue weighted by molar-refractivity contribution is 6.30. The topological polar surface area (TPSA) is 56.1 Å². The molecule has 0 saturated heterocycles. The molecule has 0 aliphatic rings. The summed E-state index contributed by atoms with van der Waals surface area (Å²) in [5.41, 5.74) is 4.18. The highest BCUT2D eigenvalue weighted by Gasteiger charge is 2.14. The molecule has 30 heavy (non-hydrogen) atoms. The SMILES string of the molecule is COc1ccc(C(=O)NCc2cn(-c3ccc(Cl)cc3)nc2-c2ccccc2)cc1. The Morgan fingerprint density at radius 2 is 1.70 bits per heavy atom.